The maximum Gasteiger partial charge on any atom is 0.257 e. The lowest BCUT2D eigenvalue weighted by atomic mass is 10.1. The standard InChI is InChI=1S/C16H18ClN5O2/c1-24-14-10-13(18)12(17)9-11(14)16(23)22-7-5-21(6-8-22)15-3-2-4-19-20-15/h2-4,9-10H,5-8,18H2,1H3. The van der Waals surface area contributed by atoms with Gasteiger partial charge in [0.1, 0.15) is 5.75 Å². The third-order valence-corrected chi connectivity index (χ3v) is 4.33. The summed E-state index contributed by atoms with van der Waals surface area (Å²) in [5.41, 5.74) is 6.58. The summed E-state index contributed by atoms with van der Waals surface area (Å²) in [7, 11) is 1.51. The second-order valence-electron chi connectivity index (χ2n) is 5.44. The molecule has 2 N–H and O–H groups in total. The minimum atomic E-state index is -0.118. The Morgan fingerprint density at radius 1 is 1.29 bits per heavy atom. The second kappa shape index (κ2) is 6.92. The summed E-state index contributed by atoms with van der Waals surface area (Å²) < 4.78 is 5.27. The zero-order valence-corrected chi connectivity index (χ0v) is 14.0. The van der Waals surface area contributed by atoms with Crippen molar-refractivity contribution in [2.45, 2.75) is 0 Å². The molecule has 0 spiro atoms. The first kappa shape index (κ1) is 16.3. The number of hydrogen-bond acceptors (Lipinski definition) is 6. The van der Waals surface area contributed by atoms with Crippen molar-refractivity contribution in [1.82, 2.24) is 15.1 Å². The molecule has 1 saturated heterocycles. The number of amides is 1. The molecule has 1 aliphatic heterocycles. The lowest BCUT2D eigenvalue weighted by Gasteiger charge is -2.35. The van der Waals surface area contributed by atoms with E-state index in [1.54, 1.807) is 23.2 Å². The zero-order valence-electron chi connectivity index (χ0n) is 13.3. The van der Waals surface area contributed by atoms with Crippen molar-refractivity contribution in [2.24, 2.45) is 0 Å². The number of methoxy groups -OCH3 is 1. The molecule has 0 radical (unpaired) electrons. The van der Waals surface area contributed by atoms with Gasteiger partial charge in [-0.25, -0.2) is 0 Å². The Morgan fingerprint density at radius 3 is 2.67 bits per heavy atom. The van der Waals surface area contributed by atoms with Gasteiger partial charge < -0.3 is 20.3 Å². The number of piperazine rings is 1. The number of nitrogens with zero attached hydrogens (tertiary/aromatic N) is 4. The first-order valence-corrected chi connectivity index (χ1v) is 7.93. The Hall–Kier alpha value is -2.54. The molecule has 2 aromatic rings. The van der Waals surface area contributed by atoms with E-state index in [9.17, 15) is 4.79 Å². The molecule has 1 aromatic heterocycles. The Balaban J connectivity index is 1.73. The van der Waals surface area contributed by atoms with Gasteiger partial charge >= 0.3 is 0 Å². The molecule has 0 unspecified atom stereocenters. The normalized spacial score (nSPS) is 14.6. The molecule has 0 atom stereocenters. The number of benzene rings is 1. The summed E-state index contributed by atoms with van der Waals surface area (Å²) in [6.07, 6.45) is 1.64. The summed E-state index contributed by atoms with van der Waals surface area (Å²) in [5, 5.41) is 8.33. The molecular weight excluding hydrogens is 330 g/mol. The van der Waals surface area contributed by atoms with E-state index in [1.807, 2.05) is 12.1 Å². The molecule has 1 aliphatic rings. The van der Waals surface area contributed by atoms with E-state index in [1.165, 1.54) is 7.11 Å². The minimum absolute atomic E-state index is 0.118. The molecule has 1 amide bonds. The van der Waals surface area contributed by atoms with Crippen LogP contribution in [0.3, 0.4) is 0 Å². The van der Waals surface area contributed by atoms with Crippen molar-refractivity contribution in [1.29, 1.82) is 0 Å². The van der Waals surface area contributed by atoms with Gasteiger partial charge in [-0.2, -0.15) is 5.10 Å². The van der Waals surface area contributed by atoms with Gasteiger partial charge in [0.25, 0.3) is 5.91 Å². The van der Waals surface area contributed by atoms with E-state index in [2.05, 4.69) is 15.1 Å². The van der Waals surface area contributed by atoms with Gasteiger partial charge in [-0.15, -0.1) is 5.10 Å². The third kappa shape index (κ3) is 3.21. The van der Waals surface area contributed by atoms with Crippen LogP contribution >= 0.6 is 11.6 Å². The number of nitrogens with two attached hydrogens (primary N) is 1. The average Bonchev–Trinajstić information content (AvgIpc) is 2.64. The van der Waals surface area contributed by atoms with Crippen molar-refractivity contribution >= 4 is 29.0 Å². The molecule has 0 saturated carbocycles. The van der Waals surface area contributed by atoms with Crippen LogP contribution in [0.4, 0.5) is 11.5 Å². The summed E-state index contributed by atoms with van der Waals surface area (Å²) in [4.78, 5) is 16.7. The van der Waals surface area contributed by atoms with Crippen LogP contribution in [-0.2, 0) is 0 Å². The molecule has 2 heterocycles. The third-order valence-electron chi connectivity index (χ3n) is 4.00. The van der Waals surface area contributed by atoms with Crippen molar-refractivity contribution in [2.75, 3.05) is 43.9 Å². The van der Waals surface area contributed by atoms with Crippen LogP contribution < -0.4 is 15.4 Å². The summed E-state index contributed by atoms with van der Waals surface area (Å²) in [6, 6.07) is 6.90. The molecule has 126 valence electrons. The number of carbonyl (C=O) groups is 1. The van der Waals surface area contributed by atoms with Crippen LogP contribution in [0, 0.1) is 0 Å². The van der Waals surface area contributed by atoms with E-state index in [0.717, 1.165) is 5.82 Å². The topological polar surface area (TPSA) is 84.6 Å². The zero-order chi connectivity index (χ0) is 17.1. The highest BCUT2D eigenvalue weighted by atomic mass is 35.5. The molecular formula is C16H18ClN5O2. The highest BCUT2D eigenvalue weighted by molar-refractivity contribution is 6.33. The van der Waals surface area contributed by atoms with E-state index >= 15 is 0 Å². The Kier molecular flexibility index (Phi) is 4.71. The van der Waals surface area contributed by atoms with Crippen molar-refractivity contribution in [3.63, 3.8) is 0 Å². The monoisotopic (exact) mass is 347 g/mol. The van der Waals surface area contributed by atoms with Gasteiger partial charge in [-0.05, 0) is 18.2 Å². The number of halogens is 1. The second-order valence-corrected chi connectivity index (χ2v) is 5.84. The van der Waals surface area contributed by atoms with Gasteiger partial charge in [0.15, 0.2) is 5.82 Å². The van der Waals surface area contributed by atoms with Crippen molar-refractivity contribution in [3.8, 4) is 5.75 Å². The largest absolute Gasteiger partial charge is 0.496 e. The highest BCUT2D eigenvalue weighted by Gasteiger charge is 2.25. The van der Waals surface area contributed by atoms with Crippen LogP contribution in [0.2, 0.25) is 5.02 Å². The Morgan fingerprint density at radius 2 is 2.04 bits per heavy atom. The SMILES string of the molecule is COc1cc(N)c(Cl)cc1C(=O)N1CCN(c2cccnn2)CC1. The first-order valence-electron chi connectivity index (χ1n) is 7.55. The molecule has 3 rings (SSSR count). The molecule has 0 bridgehead atoms. The van der Waals surface area contributed by atoms with Crippen LogP contribution in [0.25, 0.3) is 0 Å². The van der Waals surface area contributed by atoms with E-state index in [-0.39, 0.29) is 5.91 Å². The smallest absolute Gasteiger partial charge is 0.257 e. The fourth-order valence-electron chi connectivity index (χ4n) is 2.68. The number of nitrogen functional groups attached to an aromatic ring is 1. The van der Waals surface area contributed by atoms with Crippen LogP contribution in [0.1, 0.15) is 10.4 Å². The minimum Gasteiger partial charge on any atom is -0.496 e. The first-order chi connectivity index (χ1) is 11.6. The van der Waals surface area contributed by atoms with Gasteiger partial charge in [-0.3, -0.25) is 4.79 Å². The predicted molar refractivity (Wildman–Crippen MR) is 92.6 cm³/mol. The fraction of sp³-hybridized carbons (Fsp3) is 0.312. The molecule has 0 aliphatic carbocycles. The Labute approximate surface area is 145 Å². The maximum atomic E-state index is 12.8. The van der Waals surface area contributed by atoms with E-state index in [0.29, 0.717) is 48.2 Å². The van der Waals surface area contributed by atoms with Crippen LogP contribution in [0.15, 0.2) is 30.5 Å². The van der Waals surface area contributed by atoms with Crippen molar-refractivity contribution in [3.05, 3.63) is 41.0 Å². The van der Waals surface area contributed by atoms with E-state index < -0.39 is 0 Å². The maximum absolute atomic E-state index is 12.8. The number of anilines is 2. The fourth-order valence-corrected chi connectivity index (χ4v) is 2.84. The summed E-state index contributed by atoms with van der Waals surface area (Å²) in [6.45, 7) is 2.55. The molecule has 1 fully saturated rings. The van der Waals surface area contributed by atoms with Gasteiger partial charge in [0.2, 0.25) is 0 Å². The highest BCUT2D eigenvalue weighted by Crippen LogP contribution is 2.30. The summed E-state index contributed by atoms with van der Waals surface area (Å²) >= 11 is 6.05. The lowest BCUT2D eigenvalue weighted by molar-refractivity contribution is 0.0743. The molecule has 24 heavy (non-hydrogen) atoms. The number of carbonyl (C=O) groups excluding carboxylic acids is 1. The van der Waals surface area contributed by atoms with Gasteiger partial charge in [-0.1, -0.05) is 11.6 Å². The molecule has 8 heteroatoms. The molecule has 1 aromatic carbocycles. The quantitative estimate of drug-likeness (QED) is 0.850. The number of hydrogen-bond donors (Lipinski definition) is 1. The molecule has 7 nitrogen and oxygen atoms in total. The van der Waals surface area contributed by atoms with Crippen molar-refractivity contribution < 1.29 is 9.53 Å². The lowest BCUT2D eigenvalue weighted by Crippen LogP contribution is -2.49. The van der Waals surface area contributed by atoms with Gasteiger partial charge in [0, 0.05) is 38.4 Å². The predicted octanol–water partition coefficient (Wildman–Crippen LogP) is 1.68. The average molecular weight is 348 g/mol. The van der Waals surface area contributed by atoms with E-state index in [4.69, 9.17) is 22.1 Å². The number of ether oxygens (including phenoxy) is 1. The number of aromatic nitrogens is 2. The summed E-state index contributed by atoms with van der Waals surface area (Å²) in [5.74, 6) is 1.13. The number of rotatable bonds is 3. The Bertz CT molecular complexity index is 733. The van der Waals surface area contributed by atoms with Crippen LogP contribution in [0.5, 0.6) is 5.75 Å². The van der Waals surface area contributed by atoms with Crippen LogP contribution in [-0.4, -0.2) is 54.3 Å². The van der Waals surface area contributed by atoms with Gasteiger partial charge in [0.05, 0.1) is 23.4 Å².